The van der Waals surface area contributed by atoms with Crippen LogP contribution in [0.15, 0.2) is 4.79 Å². The maximum atomic E-state index is 12.4. The largest absolute Gasteiger partial charge is 0.481 e. The van der Waals surface area contributed by atoms with Crippen molar-refractivity contribution >= 4 is 41.8 Å². The number of nitrogens with zero attached hydrogens (tertiary/aromatic N) is 2. The summed E-state index contributed by atoms with van der Waals surface area (Å²) in [5, 5.41) is 23.2. The van der Waals surface area contributed by atoms with Crippen LogP contribution in [0.3, 0.4) is 0 Å². The van der Waals surface area contributed by atoms with Crippen LogP contribution >= 0.6 is 0 Å². The van der Waals surface area contributed by atoms with Crippen LogP contribution in [0.1, 0.15) is 12.8 Å². The van der Waals surface area contributed by atoms with Gasteiger partial charge in [0, 0.05) is 6.42 Å². The summed E-state index contributed by atoms with van der Waals surface area (Å²) in [6.45, 7) is 0.640. The monoisotopic (exact) mass is 381 g/mol. The third-order valence-corrected chi connectivity index (χ3v) is 4.30. The van der Waals surface area contributed by atoms with Gasteiger partial charge < -0.3 is 26.6 Å². The first-order valence-corrected chi connectivity index (χ1v) is 8.10. The topological polar surface area (TPSA) is 195 Å². The molecule has 13 heteroatoms. The Hall–Kier alpha value is -3.64. The molecule has 0 bridgehead atoms. The van der Waals surface area contributed by atoms with Gasteiger partial charge in [0.05, 0.1) is 6.54 Å². The zero-order valence-electron chi connectivity index (χ0n) is 14.1. The van der Waals surface area contributed by atoms with Gasteiger partial charge in [-0.1, -0.05) is 0 Å². The highest BCUT2D eigenvalue weighted by Crippen LogP contribution is 2.24. The summed E-state index contributed by atoms with van der Waals surface area (Å²) in [6.07, 6.45) is 0.782. The lowest BCUT2D eigenvalue weighted by Gasteiger charge is -2.18. The summed E-state index contributed by atoms with van der Waals surface area (Å²) >= 11 is 0. The summed E-state index contributed by atoms with van der Waals surface area (Å²) < 4.78 is 1.60. The summed E-state index contributed by atoms with van der Waals surface area (Å²) in [7, 11) is 0. The third-order valence-electron chi connectivity index (χ3n) is 4.30. The molecule has 27 heavy (non-hydrogen) atoms. The Morgan fingerprint density at radius 1 is 1.44 bits per heavy atom. The zero-order chi connectivity index (χ0) is 19.7. The number of carboxylic acid groups (broad SMARTS) is 2. The highest BCUT2D eigenvalue weighted by molar-refractivity contribution is 5.89. The predicted molar refractivity (Wildman–Crippen MR) is 89.8 cm³/mol. The van der Waals surface area contributed by atoms with Crippen LogP contribution in [0.5, 0.6) is 0 Å². The van der Waals surface area contributed by atoms with E-state index >= 15 is 0 Å². The molecule has 0 spiro atoms. The molecule has 2 aliphatic rings. The summed E-state index contributed by atoms with van der Waals surface area (Å²) in [5.41, 5.74) is 5.39. The quantitative estimate of drug-likeness (QED) is 0.303. The van der Waals surface area contributed by atoms with Gasteiger partial charge in [-0.2, -0.15) is 4.90 Å². The second-order valence-electron chi connectivity index (χ2n) is 6.20. The van der Waals surface area contributed by atoms with E-state index in [1.807, 2.05) is 0 Å². The van der Waals surface area contributed by atoms with Crippen LogP contribution in [-0.2, 0) is 9.59 Å². The van der Waals surface area contributed by atoms with Gasteiger partial charge in [-0.05, 0) is 6.42 Å². The van der Waals surface area contributed by atoms with E-state index in [1.165, 1.54) is 11.2 Å². The number of aromatic nitrogens is 2. The fraction of sp³-hybridized carbons (Fsp3) is 0.429. The van der Waals surface area contributed by atoms with Crippen molar-refractivity contribution in [2.45, 2.75) is 24.9 Å². The number of hydrogen-bond donors (Lipinski definition) is 6. The number of carbonyl (C=O) groups excluding carboxylic acids is 1. The van der Waals surface area contributed by atoms with Gasteiger partial charge in [-0.15, -0.1) is 0 Å². The molecule has 2 aliphatic heterocycles. The lowest BCUT2D eigenvalue weighted by molar-refractivity contribution is -0.479. The minimum absolute atomic E-state index is 0.0845. The number of rotatable bonds is 5. The molecule has 13 nitrogen and oxygen atoms in total. The molecule has 0 radical (unpaired) electrons. The number of nitrogens with two attached hydrogens (primary N) is 1. The summed E-state index contributed by atoms with van der Waals surface area (Å²) in [4.78, 5) is 53.0. The molecule has 0 aliphatic carbocycles. The molecule has 0 saturated heterocycles. The number of aliphatic carboxylic acids is 2. The number of nitrogen functional groups attached to an aromatic ring is 1. The smallest absolute Gasteiger partial charge is 0.409 e. The van der Waals surface area contributed by atoms with Crippen LogP contribution in [0.4, 0.5) is 22.2 Å². The van der Waals surface area contributed by atoms with Crippen molar-refractivity contribution in [2.75, 3.05) is 24.1 Å². The SMILES string of the molecule is Nc1[nH]c(=O)c2c([nH+]1)NCC1CN(C(=O)NC(CCC(=O)O)C(=O)O)C=[N+]21. The van der Waals surface area contributed by atoms with Gasteiger partial charge in [0.25, 0.3) is 5.69 Å². The number of carbonyl (C=O) groups is 3. The Bertz CT molecular complexity index is 894. The first-order valence-electron chi connectivity index (χ1n) is 8.10. The molecule has 144 valence electrons. The number of carboxylic acids is 2. The number of anilines is 2. The molecule has 0 fully saturated rings. The minimum atomic E-state index is -1.33. The van der Waals surface area contributed by atoms with Crippen molar-refractivity contribution in [3.05, 3.63) is 10.4 Å². The van der Waals surface area contributed by atoms with Gasteiger partial charge >= 0.3 is 29.5 Å². The number of amides is 2. The van der Waals surface area contributed by atoms with Crippen LogP contribution in [0.25, 0.3) is 0 Å². The van der Waals surface area contributed by atoms with E-state index in [4.69, 9.17) is 15.9 Å². The molecule has 1 aromatic rings. The molecule has 0 aromatic carbocycles. The van der Waals surface area contributed by atoms with Gasteiger partial charge in [0.2, 0.25) is 12.2 Å². The molecule has 2 unspecified atom stereocenters. The molecular weight excluding hydrogens is 362 g/mol. The zero-order valence-corrected chi connectivity index (χ0v) is 14.1. The number of nitrogens with one attached hydrogen (secondary N) is 4. The Balaban J connectivity index is 1.78. The Kier molecular flexibility index (Phi) is 4.66. The average Bonchev–Trinajstić information content (AvgIpc) is 3.01. The molecule has 2 atom stereocenters. The van der Waals surface area contributed by atoms with Gasteiger partial charge in [-0.3, -0.25) is 9.59 Å². The van der Waals surface area contributed by atoms with E-state index in [9.17, 15) is 19.2 Å². The van der Waals surface area contributed by atoms with Crippen LogP contribution < -0.4 is 26.9 Å². The maximum absolute atomic E-state index is 12.4. The first kappa shape index (κ1) is 18.2. The number of urea groups is 1. The highest BCUT2D eigenvalue weighted by atomic mass is 16.4. The molecule has 3 heterocycles. The van der Waals surface area contributed by atoms with E-state index in [0.29, 0.717) is 12.4 Å². The lowest BCUT2D eigenvalue weighted by Crippen LogP contribution is -2.48. The van der Waals surface area contributed by atoms with Gasteiger partial charge in [-0.25, -0.2) is 24.1 Å². The van der Waals surface area contributed by atoms with E-state index in [2.05, 4.69) is 20.6 Å². The van der Waals surface area contributed by atoms with Crippen molar-refractivity contribution in [1.29, 1.82) is 0 Å². The standard InChI is InChI=1S/C14H17N7O6/c15-13-18-10-9(11(24)19-13)21-5-20(4-6(21)3-16-10)14(27)17-7(12(25)26)1-2-8(22)23/h5-7H,1-4H2,(H6-,15,16,17,18,19,22,23,24,25,26,27)/p+2. The summed E-state index contributed by atoms with van der Waals surface area (Å²) in [5.74, 6) is -1.98. The fourth-order valence-corrected chi connectivity index (χ4v) is 3.02. The molecule has 3 rings (SSSR count). The van der Waals surface area contributed by atoms with Crippen LogP contribution in [0.2, 0.25) is 0 Å². The molecule has 2 amide bonds. The fourth-order valence-electron chi connectivity index (χ4n) is 3.02. The number of hydrogen-bond acceptors (Lipinski definition) is 6. The van der Waals surface area contributed by atoms with Crippen LogP contribution in [-0.4, -0.2) is 74.2 Å². The number of aromatic amines is 2. The second kappa shape index (κ2) is 6.93. The third kappa shape index (κ3) is 3.65. The van der Waals surface area contributed by atoms with Crippen LogP contribution in [0, 0.1) is 0 Å². The van der Waals surface area contributed by atoms with Crippen molar-refractivity contribution in [3.63, 3.8) is 0 Å². The Labute approximate surface area is 151 Å². The van der Waals surface area contributed by atoms with E-state index < -0.39 is 29.6 Å². The number of H-pyrrole nitrogens is 2. The number of fused-ring (bicyclic) bond motifs is 3. The molecule has 8 N–H and O–H groups in total. The van der Waals surface area contributed by atoms with Crippen molar-refractivity contribution in [1.82, 2.24) is 15.2 Å². The van der Waals surface area contributed by atoms with E-state index in [1.54, 1.807) is 4.58 Å². The summed E-state index contributed by atoms with van der Waals surface area (Å²) in [6, 6.07) is -2.26. The first-order chi connectivity index (χ1) is 12.8. The van der Waals surface area contributed by atoms with Gasteiger partial charge in [0.15, 0.2) is 6.04 Å². The Morgan fingerprint density at radius 2 is 2.19 bits per heavy atom. The lowest BCUT2D eigenvalue weighted by atomic mass is 10.1. The Morgan fingerprint density at radius 3 is 2.85 bits per heavy atom. The van der Waals surface area contributed by atoms with Crippen molar-refractivity contribution < 1.29 is 34.2 Å². The van der Waals surface area contributed by atoms with Gasteiger partial charge in [0.1, 0.15) is 12.6 Å². The molecule has 0 saturated carbocycles. The normalized spacial score (nSPS) is 18.6. The average molecular weight is 381 g/mol. The van der Waals surface area contributed by atoms with E-state index in [0.717, 1.165) is 0 Å². The molecular formula is C14H19N7O6+2. The molecule has 1 aromatic heterocycles. The van der Waals surface area contributed by atoms with E-state index in [-0.39, 0.29) is 37.1 Å². The second-order valence-corrected chi connectivity index (χ2v) is 6.20. The van der Waals surface area contributed by atoms with Crippen molar-refractivity contribution in [2.24, 2.45) is 0 Å². The maximum Gasteiger partial charge on any atom is 0.409 e. The minimum Gasteiger partial charge on any atom is -0.481 e. The van der Waals surface area contributed by atoms with Crippen molar-refractivity contribution in [3.8, 4) is 0 Å². The predicted octanol–water partition coefficient (Wildman–Crippen LogP) is -2.42. The highest BCUT2D eigenvalue weighted by Gasteiger charge is 2.43.